The first-order chi connectivity index (χ1) is 16.8. The molecule has 3 rings (SSSR count). The Hall–Kier alpha value is -2.90. The van der Waals surface area contributed by atoms with Gasteiger partial charge in [-0.25, -0.2) is 9.97 Å². The molecular weight excluding hydrogens is 444 g/mol. The molecule has 0 aromatic carbocycles. The van der Waals surface area contributed by atoms with Gasteiger partial charge in [0.15, 0.2) is 0 Å². The minimum atomic E-state index is -0.457. The van der Waals surface area contributed by atoms with Gasteiger partial charge in [0.1, 0.15) is 5.60 Å². The lowest BCUT2D eigenvalue weighted by molar-refractivity contribution is -0.160. The van der Waals surface area contributed by atoms with Crippen molar-refractivity contribution >= 4 is 11.9 Å². The summed E-state index contributed by atoms with van der Waals surface area (Å²) >= 11 is 0. The third-order valence-electron chi connectivity index (χ3n) is 5.79. The molecule has 1 saturated heterocycles. The van der Waals surface area contributed by atoms with E-state index in [1.54, 1.807) is 0 Å². The van der Waals surface area contributed by atoms with Crippen LogP contribution in [0.25, 0.3) is 11.1 Å². The number of esters is 1. The number of piperidine rings is 1. The highest BCUT2D eigenvalue weighted by Gasteiger charge is 2.29. The molecule has 35 heavy (non-hydrogen) atoms. The third kappa shape index (κ3) is 8.08. The van der Waals surface area contributed by atoms with Gasteiger partial charge in [-0.2, -0.15) is 4.98 Å². The van der Waals surface area contributed by atoms with Crippen molar-refractivity contribution in [3.05, 3.63) is 24.5 Å². The minimum absolute atomic E-state index is 0.0725. The van der Waals surface area contributed by atoms with Crippen molar-refractivity contribution in [2.45, 2.75) is 78.7 Å². The summed E-state index contributed by atoms with van der Waals surface area (Å²) in [5, 5.41) is 0. The van der Waals surface area contributed by atoms with Crippen molar-refractivity contribution in [1.29, 1.82) is 0 Å². The number of nitrogens with zero attached hydrogens (tertiary/aromatic N) is 4. The Kier molecular flexibility index (Phi) is 9.69. The summed E-state index contributed by atoms with van der Waals surface area (Å²) in [6.07, 6.45) is 9.15. The fourth-order valence-corrected chi connectivity index (χ4v) is 3.79. The first-order valence-corrected chi connectivity index (χ1v) is 12.9. The van der Waals surface area contributed by atoms with Crippen molar-refractivity contribution in [2.75, 3.05) is 31.2 Å². The quantitative estimate of drug-likeness (QED) is 0.307. The number of carbonyl (C=O) groups is 1. The molecule has 0 saturated carbocycles. The number of aromatic nitrogens is 3. The molecule has 0 atom stereocenters. The predicted octanol–water partition coefficient (Wildman–Crippen LogP) is 5.45. The van der Waals surface area contributed by atoms with Crippen LogP contribution in [0.2, 0.25) is 0 Å². The maximum absolute atomic E-state index is 12.4. The molecule has 2 aromatic heterocycles. The monoisotopic (exact) mass is 484 g/mol. The first kappa shape index (κ1) is 26.7. The van der Waals surface area contributed by atoms with Gasteiger partial charge < -0.3 is 19.1 Å². The summed E-state index contributed by atoms with van der Waals surface area (Å²) in [7, 11) is 0. The number of hydrogen-bond donors (Lipinski definition) is 0. The Bertz CT molecular complexity index is 935. The van der Waals surface area contributed by atoms with Gasteiger partial charge in [-0.3, -0.25) is 4.79 Å². The number of ether oxygens (including phenoxy) is 3. The van der Waals surface area contributed by atoms with Crippen LogP contribution in [-0.2, 0) is 9.53 Å². The fraction of sp³-hybridized carbons (Fsp3) is 0.630. The average Bonchev–Trinajstić information content (AvgIpc) is 2.84. The number of unbranched alkanes of at least 4 members (excludes halogenated alkanes) is 2. The highest BCUT2D eigenvalue weighted by Crippen LogP contribution is 2.31. The zero-order chi connectivity index (χ0) is 25.3. The summed E-state index contributed by atoms with van der Waals surface area (Å²) in [4.78, 5) is 28.3. The van der Waals surface area contributed by atoms with E-state index in [2.05, 4.69) is 33.7 Å². The van der Waals surface area contributed by atoms with Crippen LogP contribution >= 0.6 is 0 Å². The van der Waals surface area contributed by atoms with Crippen LogP contribution in [0, 0.1) is 5.92 Å². The molecule has 0 unspecified atom stereocenters. The topological polar surface area (TPSA) is 86.7 Å². The summed E-state index contributed by atoms with van der Waals surface area (Å²) in [6.45, 7) is 12.6. The lowest BCUT2D eigenvalue weighted by atomic mass is 9.97. The zero-order valence-electron chi connectivity index (χ0n) is 21.9. The average molecular weight is 485 g/mol. The van der Waals surface area contributed by atoms with Gasteiger partial charge >= 0.3 is 5.97 Å². The SMILES string of the molecule is CCCCOc1ccc(-c2cnc(N3CCC(C(=O)OC(C)(C)C)CC3)nc2)c(OCCCC)n1. The van der Waals surface area contributed by atoms with Crippen LogP contribution in [0.5, 0.6) is 11.8 Å². The molecular formula is C27H40N4O4. The third-order valence-corrected chi connectivity index (χ3v) is 5.79. The molecule has 0 bridgehead atoms. The molecule has 1 aliphatic rings. The molecule has 0 radical (unpaired) electrons. The number of anilines is 1. The van der Waals surface area contributed by atoms with Crippen molar-refractivity contribution < 1.29 is 19.0 Å². The number of hydrogen-bond acceptors (Lipinski definition) is 8. The molecule has 1 aliphatic heterocycles. The van der Waals surface area contributed by atoms with Crippen LogP contribution in [0.1, 0.15) is 73.1 Å². The second kappa shape index (κ2) is 12.7. The molecule has 0 N–H and O–H groups in total. The van der Waals surface area contributed by atoms with Gasteiger partial charge in [0, 0.05) is 42.7 Å². The Labute approximate surface area is 209 Å². The smallest absolute Gasteiger partial charge is 0.309 e. The molecule has 0 amide bonds. The number of carbonyl (C=O) groups excluding carboxylic acids is 1. The Morgan fingerprint density at radius 3 is 2.23 bits per heavy atom. The van der Waals surface area contributed by atoms with Crippen molar-refractivity contribution in [2.24, 2.45) is 5.92 Å². The second-order valence-electron chi connectivity index (χ2n) is 9.97. The Balaban J connectivity index is 1.67. The first-order valence-electron chi connectivity index (χ1n) is 12.9. The van der Waals surface area contributed by atoms with Crippen LogP contribution < -0.4 is 14.4 Å². The minimum Gasteiger partial charge on any atom is -0.478 e. The highest BCUT2D eigenvalue weighted by atomic mass is 16.6. The lowest BCUT2D eigenvalue weighted by Gasteiger charge is -2.32. The van der Waals surface area contributed by atoms with E-state index in [0.29, 0.717) is 30.9 Å². The van der Waals surface area contributed by atoms with Crippen LogP contribution in [0.3, 0.4) is 0 Å². The number of pyridine rings is 1. The summed E-state index contributed by atoms with van der Waals surface area (Å²) in [5.74, 6) is 1.59. The van der Waals surface area contributed by atoms with E-state index >= 15 is 0 Å². The molecule has 2 aromatic rings. The molecule has 0 spiro atoms. The van der Waals surface area contributed by atoms with E-state index in [4.69, 9.17) is 14.2 Å². The van der Waals surface area contributed by atoms with Gasteiger partial charge in [0.2, 0.25) is 17.7 Å². The van der Waals surface area contributed by atoms with Gasteiger partial charge in [0.05, 0.1) is 19.1 Å². The summed E-state index contributed by atoms with van der Waals surface area (Å²) in [6, 6.07) is 3.83. The normalized spacial score (nSPS) is 14.6. The fourth-order valence-electron chi connectivity index (χ4n) is 3.79. The van der Waals surface area contributed by atoms with E-state index in [-0.39, 0.29) is 11.9 Å². The Morgan fingerprint density at radius 2 is 1.63 bits per heavy atom. The number of rotatable bonds is 11. The van der Waals surface area contributed by atoms with Crippen LogP contribution in [0.4, 0.5) is 5.95 Å². The standard InChI is InChI=1S/C27H40N4O4/c1-6-8-16-33-23-11-10-22(24(30-23)34-17-9-7-2)21-18-28-26(29-19-21)31-14-12-20(13-15-31)25(32)35-27(3,4)5/h10-11,18-20H,6-9,12-17H2,1-5H3. The molecule has 0 aliphatic carbocycles. The van der Waals surface area contributed by atoms with E-state index in [1.807, 2.05) is 45.3 Å². The highest BCUT2D eigenvalue weighted by molar-refractivity contribution is 5.73. The van der Waals surface area contributed by atoms with Gasteiger partial charge in [0.25, 0.3) is 0 Å². The molecule has 1 fully saturated rings. The summed E-state index contributed by atoms with van der Waals surface area (Å²) in [5.41, 5.74) is 1.23. The summed E-state index contributed by atoms with van der Waals surface area (Å²) < 4.78 is 17.3. The maximum Gasteiger partial charge on any atom is 0.309 e. The zero-order valence-corrected chi connectivity index (χ0v) is 21.9. The van der Waals surface area contributed by atoms with Crippen molar-refractivity contribution in [3.63, 3.8) is 0 Å². The lowest BCUT2D eigenvalue weighted by Crippen LogP contribution is -2.39. The molecule has 8 nitrogen and oxygen atoms in total. The van der Waals surface area contributed by atoms with Crippen LogP contribution in [-0.4, -0.2) is 52.8 Å². The largest absolute Gasteiger partial charge is 0.478 e. The molecule has 3 heterocycles. The Morgan fingerprint density at radius 1 is 1.00 bits per heavy atom. The molecule has 8 heteroatoms. The molecule has 192 valence electrons. The second-order valence-corrected chi connectivity index (χ2v) is 9.97. The van der Waals surface area contributed by atoms with Gasteiger partial charge in [-0.15, -0.1) is 0 Å². The van der Waals surface area contributed by atoms with E-state index < -0.39 is 5.60 Å². The predicted molar refractivity (Wildman–Crippen MR) is 137 cm³/mol. The van der Waals surface area contributed by atoms with Crippen molar-refractivity contribution in [1.82, 2.24) is 15.0 Å². The van der Waals surface area contributed by atoms with Crippen LogP contribution in [0.15, 0.2) is 24.5 Å². The van der Waals surface area contributed by atoms with E-state index in [9.17, 15) is 4.79 Å². The maximum atomic E-state index is 12.4. The van der Waals surface area contributed by atoms with Gasteiger partial charge in [-0.1, -0.05) is 26.7 Å². The van der Waals surface area contributed by atoms with Crippen molar-refractivity contribution in [3.8, 4) is 22.9 Å². The van der Waals surface area contributed by atoms with Gasteiger partial charge in [-0.05, 0) is 52.5 Å². The van der Waals surface area contributed by atoms with E-state index in [1.165, 1.54) is 0 Å². The van der Waals surface area contributed by atoms with E-state index in [0.717, 1.165) is 62.7 Å².